The summed E-state index contributed by atoms with van der Waals surface area (Å²) >= 11 is 0. The minimum atomic E-state index is -0.802. The Bertz CT molecular complexity index is 662. The smallest absolute Gasteiger partial charge is 0.162 e. The van der Waals surface area contributed by atoms with Crippen LogP contribution in [0.2, 0.25) is 0 Å². The lowest BCUT2D eigenvalue weighted by molar-refractivity contribution is 0.473. The van der Waals surface area contributed by atoms with Gasteiger partial charge in [0.2, 0.25) is 0 Å². The Morgan fingerprint density at radius 2 is 1.80 bits per heavy atom. The van der Waals surface area contributed by atoms with Crippen LogP contribution in [0.4, 0.5) is 13.2 Å². The first-order valence-corrected chi connectivity index (χ1v) is 6.78. The standard InChI is InChI=1S/C17H15F3/c1-10-2-5-13(16(19)8-10)11-3-6-14-12(9-11)4-7-15(18)17(14)20/h2,4-5,7-8,11H,3,6,9H2,1H3. The molecule has 0 fully saturated rings. The minimum Gasteiger partial charge on any atom is -0.207 e. The lowest BCUT2D eigenvalue weighted by Gasteiger charge is -2.25. The molecule has 104 valence electrons. The van der Waals surface area contributed by atoms with Gasteiger partial charge in [0.25, 0.3) is 0 Å². The van der Waals surface area contributed by atoms with E-state index in [9.17, 15) is 13.2 Å². The van der Waals surface area contributed by atoms with Crippen LogP contribution in [0.25, 0.3) is 0 Å². The van der Waals surface area contributed by atoms with Gasteiger partial charge in [-0.1, -0.05) is 18.2 Å². The first-order chi connectivity index (χ1) is 9.56. The number of fused-ring (bicyclic) bond motifs is 1. The van der Waals surface area contributed by atoms with E-state index in [4.69, 9.17) is 0 Å². The van der Waals surface area contributed by atoms with Gasteiger partial charge in [-0.2, -0.15) is 0 Å². The molecule has 3 rings (SSSR count). The van der Waals surface area contributed by atoms with Crippen LogP contribution in [-0.2, 0) is 12.8 Å². The highest BCUT2D eigenvalue weighted by Gasteiger charge is 2.25. The molecule has 0 saturated carbocycles. The largest absolute Gasteiger partial charge is 0.207 e. The molecule has 3 heteroatoms. The van der Waals surface area contributed by atoms with Crippen LogP contribution in [0.15, 0.2) is 30.3 Å². The SMILES string of the molecule is Cc1ccc(C2CCc3c(ccc(F)c3F)C2)c(F)c1. The number of benzene rings is 2. The van der Waals surface area contributed by atoms with Crippen molar-refractivity contribution < 1.29 is 13.2 Å². The molecule has 1 aliphatic rings. The van der Waals surface area contributed by atoms with Crippen molar-refractivity contribution in [2.24, 2.45) is 0 Å². The van der Waals surface area contributed by atoms with E-state index in [0.29, 0.717) is 30.4 Å². The van der Waals surface area contributed by atoms with Crippen LogP contribution < -0.4 is 0 Å². The van der Waals surface area contributed by atoms with Crippen molar-refractivity contribution in [3.8, 4) is 0 Å². The third kappa shape index (κ3) is 2.21. The highest BCUT2D eigenvalue weighted by Crippen LogP contribution is 2.35. The van der Waals surface area contributed by atoms with Gasteiger partial charge in [-0.15, -0.1) is 0 Å². The summed E-state index contributed by atoms with van der Waals surface area (Å²) in [7, 11) is 0. The molecule has 0 radical (unpaired) electrons. The van der Waals surface area contributed by atoms with Crippen LogP contribution in [0.1, 0.15) is 34.6 Å². The van der Waals surface area contributed by atoms with E-state index in [1.165, 1.54) is 6.07 Å². The average molecular weight is 276 g/mol. The van der Waals surface area contributed by atoms with E-state index in [-0.39, 0.29) is 11.7 Å². The van der Waals surface area contributed by atoms with Gasteiger partial charge in [-0.3, -0.25) is 0 Å². The number of hydrogen-bond donors (Lipinski definition) is 0. The van der Waals surface area contributed by atoms with Gasteiger partial charge >= 0.3 is 0 Å². The Labute approximate surface area is 116 Å². The Morgan fingerprint density at radius 3 is 2.55 bits per heavy atom. The van der Waals surface area contributed by atoms with Crippen molar-refractivity contribution in [3.05, 3.63) is 70.0 Å². The zero-order chi connectivity index (χ0) is 14.3. The van der Waals surface area contributed by atoms with Crippen LogP contribution >= 0.6 is 0 Å². The van der Waals surface area contributed by atoms with E-state index in [1.54, 1.807) is 12.1 Å². The van der Waals surface area contributed by atoms with Crippen molar-refractivity contribution in [1.82, 2.24) is 0 Å². The second-order valence-electron chi connectivity index (χ2n) is 5.46. The lowest BCUT2D eigenvalue weighted by Crippen LogP contribution is -2.16. The fourth-order valence-corrected chi connectivity index (χ4v) is 3.01. The van der Waals surface area contributed by atoms with Crippen LogP contribution in [0.5, 0.6) is 0 Å². The fourth-order valence-electron chi connectivity index (χ4n) is 3.01. The number of aryl methyl sites for hydroxylation is 1. The highest BCUT2D eigenvalue weighted by molar-refractivity contribution is 5.36. The molecule has 2 aromatic rings. The van der Waals surface area contributed by atoms with E-state index in [0.717, 1.165) is 17.2 Å². The quantitative estimate of drug-likeness (QED) is 0.709. The van der Waals surface area contributed by atoms with Crippen LogP contribution in [-0.4, -0.2) is 0 Å². The Kier molecular flexibility index (Phi) is 3.28. The first-order valence-electron chi connectivity index (χ1n) is 6.78. The zero-order valence-electron chi connectivity index (χ0n) is 11.2. The molecule has 1 aliphatic carbocycles. The van der Waals surface area contributed by atoms with Gasteiger partial charge in [0.1, 0.15) is 5.82 Å². The summed E-state index contributed by atoms with van der Waals surface area (Å²) in [6.45, 7) is 1.85. The van der Waals surface area contributed by atoms with Gasteiger partial charge in [0.15, 0.2) is 11.6 Å². The van der Waals surface area contributed by atoms with E-state index >= 15 is 0 Å². The summed E-state index contributed by atoms with van der Waals surface area (Å²) in [4.78, 5) is 0. The van der Waals surface area contributed by atoms with Gasteiger partial charge < -0.3 is 0 Å². The van der Waals surface area contributed by atoms with E-state index in [1.807, 2.05) is 13.0 Å². The molecule has 2 aromatic carbocycles. The van der Waals surface area contributed by atoms with E-state index in [2.05, 4.69) is 0 Å². The maximum Gasteiger partial charge on any atom is 0.162 e. The normalized spacial score (nSPS) is 17.9. The lowest BCUT2D eigenvalue weighted by atomic mass is 9.79. The number of hydrogen-bond acceptors (Lipinski definition) is 0. The van der Waals surface area contributed by atoms with Crippen LogP contribution in [0.3, 0.4) is 0 Å². The van der Waals surface area contributed by atoms with Gasteiger partial charge in [0, 0.05) is 0 Å². The Hall–Kier alpha value is -1.77. The van der Waals surface area contributed by atoms with Crippen molar-refractivity contribution in [3.63, 3.8) is 0 Å². The summed E-state index contributed by atoms with van der Waals surface area (Å²) < 4.78 is 40.9. The topological polar surface area (TPSA) is 0 Å². The Balaban J connectivity index is 1.94. The van der Waals surface area contributed by atoms with Gasteiger partial charge in [0.05, 0.1) is 0 Å². The van der Waals surface area contributed by atoms with Gasteiger partial charge in [-0.25, -0.2) is 13.2 Å². The predicted octanol–water partition coefficient (Wildman–Crippen LogP) is 4.68. The molecule has 0 heterocycles. The molecular formula is C17H15F3. The molecule has 1 unspecified atom stereocenters. The first kappa shape index (κ1) is 13.2. The summed E-state index contributed by atoms with van der Waals surface area (Å²) in [6, 6.07) is 7.99. The highest BCUT2D eigenvalue weighted by atomic mass is 19.2. The maximum atomic E-state index is 14.0. The molecule has 0 spiro atoms. The summed E-state index contributed by atoms with van der Waals surface area (Å²) in [5.74, 6) is -1.72. The predicted molar refractivity (Wildman–Crippen MR) is 72.3 cm³/mol. The van der Waals surface area contributed by atoms with Crippen LogP contribution in [0, 0.1) is 24.4 Å². The Morgan fingerprint density at radius 1 is 1.00 bits per heavy atom. The molecule has 0 N–H and O–H groups in total. The third-order valence-electron chi connectivity index (χ3n) is 4.10. The minimum absolute atomic E-state index is 0.0351. The molecule has 0 amide bonds. The van der Waals surface area contributed by atoms with Crippen molar-refractivity contribution in [2.45, 2.75) is 32.1 Å². The second-order valence-corrected chi connectivity index (χ2v) is 5.46. The number of rotatable bonds is 1. The summed E-state index contributed by atoms with van der Waals surface area (Å²) in [6.07, 6.45) is 1.66. The molecule has 0 saturated heterocycles. The average Bonchev–Trinajstić information content (AvgIpc) is 2.43. The third-order valence-corrected chi connectivity index (χ3v) is 4.10. The van der Waals surface area contributed by atoms with Crippen molar-refractivity contribution >= 4 is 0 Å². The number of halogens is 3. The molecule has 0 aromatic heterocycles. The van der Waals surface area contributed by atoms with E-state index < -0.39 is 11.6 Å². The summed E-state index contributed by atoms with van der Waals surface area (Å²) in [5.41, 5.74) is 2.80. The van der Waals surface area contributed by atoms with Crippen molar-refractivity contribution in [2.75, 3.05) is 0 Å². The fraction of sp³-hybridized carbons (Fsp3) is 0.294. The second kappa shape index (κ2) is 4.97. The van der Waals surface area contributed by atoms with Gasteiger partial charge in [-0.05, 0) is 66.5 Å². The summed E-state index contributed by atoms with van der Waals surface area (Å²) in [5, 5.41) is 0. The molecular weight excluding hydrogens is 261 g/mol. The molecule has 0 aliphatic heterocycles. The monoisotopic (exact) mass is 276 g/mol. The maximum absolute atomic E-state index is 14.0. The molecule has 1 atom stereocenters. The molecule has 20 heavy (non-hydrogen) atoms. The van der Waals surface area contributed by atoms with Crippen molar-refractivity contribution in [1.29, 1.82) is 0 Å². The molecule has 0 nitrogen and oxygen atoms in total. The zero-order valence-corrected chi connectivity index (χ0v) is 11.2. The molecule has 0 bridgehead atoms.